The first kappa shape index (κ1) is 15.0. The largest absolute Gasteiger partial charge is 0.491 e. The zero-order valence-corrected chi connectivity index (χ0v) is 14.1. The number of para-hydroxylation sites is 1. The molecule has 0 aliphatic carbocycles. The van der Waals surface area contributed by atoms with Crippen LogP contribution in [-0.4, -0.2) is 21.6 Å². The van der Waals surface area contributed by atoms with E-state index in [0.29, 0.717) is 11.5 Å². The summed E-state index contributed by atoms with van der Waals surface area (Å²) in [4.78, 5) is 0.381. The predicted molar refractivity (Wildman–Crippen MR) is 95.2 cm³/mol. The first-order chi connectivity index (χ1) is 11.6. The van der Waals surface area contributed by atoms with Crippen LogP contribution in [0.1, 0.15) is 5.56 Å². The van der Waals surface area contributed by atoms with Gasteiger partial charge in [0.2, 0.25) is 0 Å². The summed E-state index contributed by atoms with van der Waals surface area (Å²) in [7, 11) is -3.51. The van der Waals surface area contributed by atoms with Crippen molar-refractivity contribution in [3.63, 3.8) is 0 Å². The van der Waals surface area contributed by atoms with Gasteiger partial charge in [0.25, 0.3) is 10.0 Å². The van der Waals surface area contributed by atoms with E-state index in [1.54, 1.807) is 12.1 Å². The molecule has 0 bridgehead atoms. The van der Waals surface area contributed by atoms with Gasteiger partial charge in [0, 0.05) is 5.39 Å². The molecule has 0 spiro atoms. The Morgan fingerprint density at radius 2 is 1.71 bits per heavy atom. The van der Waals surface area contributed by atoms with Crippen LogP contribution < -0.4 is 9.04 Å². The average molecular weight is 339 g/mol. The van der Waals surface area contributed by atoms with Crippen LogP contribution in [0.25, 0.3) is 10.8 Å². The Kier molecular flexibility index (Phi) is 3.46. The highest BCUT2D eigenvalue weighted by Crippen LogP contribution is 2.41. The molecule has 5 heteroatoms. The molecule has 1 aliphatic rings. The van der Waals surface area contributed by atoms with Crippen LogP contribution in [0.5, 0.6) is 5.75 Å². The molecule has 0 N–H and O–H groups in total. The van der Waals surface area contributed by atoms with Gasteiger partial charge in [0.05, 0.1) is 17.1 Å². The van der Waals surface area contributed by atoms with Crippen molar-refractivity contribution in [2.75, 3.05) is 17.5 Å². The van der Waals surface area contributed by atoms with Crippen LogP contribution in [0.3, 0.4) is 0 Å². The molecule has 0 radical (unpaired) electrons. The number of aryl methyl sites for hydroxylation is 1. The summed E-state index contributed by atoms with van der Waals surface area (Å²) in [5, 5.41) is 1.74. The molecular weight excluding hydrogens is 322 g/mol. The summed E-state index contributed by atoms with van der Waals surface area (Å²) in [6.07, 6.45) is 0. The quantitative estimate of drug-likeness (QED) is 0.727. The molecule has 0 amide bonds. The van der Waals surface area contributed by atoms with Crippen LogP contribution in [0, 0.1) is 6.92 Å². The number of rotatable bonds is 4. The van der Waals surface area contributed by atoms with Gasteiger partial charge in [-0.3, -0.25) is 4.31 Å². The second-order valence-electron chi connectivity index (χ2n) is 5.82. The number of ether oxygens (including phenoxy) is 1. The Hall–Kier alpha value is -2.53. The Morgan fingerprint density at radius 1 is 0.958 bits per heavy atom. The monoisotopic (exact) mass is 339 g/mol. The highest BCUT2D eigenvalue weighted by Gasteiger charge is 2.35. The van der Waals surface area contributed by atoms with Crippen molar-refractivity contribution in [2.45, 2.75) is 11.8 Å². The van der Waals surface area contributed by atoms with Crippen molar-refractivity contribution in [3.05, 3.63) is 66.2 Å². The van der Waals surface area contributed by atoms with Gasteiger partial charge in [0.1, 0.15) is 12.4 Å². The maximum Gasteiger partial charge on any atom is 0.265 e. The molecule has 4 rings (SSSR count). The lowest BCUT2D eigenvalue weighted by Gasteiger charge is -2.19. The number of hydrogen-bond acceptors (Lipinski definition) is 3. The predicted octanol–water partition coefficient (Wildman–Crippen LogP) is 3.74. The van der Waals surface area contributed by atoms with Gasteiger partial charge in [-0.05, 0) is 36.1 Å². The first-order valence-electron chi connectivity index (χ1n) is 7.82. The molecule has 4 nitrogen and oxygen atoms in total. The molecule has 3 aromatic carbocycles. The van der Waals surface area contributed by atoms with Crippen molar-refractivity contribution >= 4 is 26.5 Å². The molecule has 0 unspecified atom stereocenters. The van der Waals surface area contributed by atoms with Gasteiger partial charge in [0.15, 0.2) is 0 Å². The SMILES string of the molecule is Cc1ccccc1OCCN1c2cccc3cccc(c23)S1(=O)=O. The van der Waals surface area contributed by atoms with Crippen LogP contribution in [-0.2, 0) is 10.0 Å². The van der Waals surface area contributed by atoms with Gasteiger partial charge >= 0.3 is 0 Å². The number of benzene rings is 3. The number of sulfonamides is 1. The normalized spacial score (nSPS) is 15.0. The summed E-state index contributed by atoms with van der Waals surface area (Å²) in [5.74, 6) is 0.782. The van der Waals surface area contributed by atoms with Crippen molar-refractivity contribution in [3.8, 4) is 5.75 Å². The second kappa shape index (κ2) is 5.53. The zero-order valence-electron chi connectivity index (χ0n) is 13.3. The van der Waals surface area contributed by atoms with E-state index >= 15 is 0 Å². The van der Waals surface area contributed by atoms with Crippen molar-refractivity contribution in [1.82, 2.24) is 0 Å². The van der Waals surface area contributed by atoms with Crippen molar-refractivity contribution < 1.29 is 13.2 Å². The standard InChI is InChI=1S/C19H17NO3S/c1-14-6-2-3-10-17(14)23-13-12-20-16-9-4-7-15-8-5-11-18(19(15)16)24(20,21)22/h2-11H,12-13H2,1H3. The highest BCUT2D eigenvalue weighted by atomic mass is 32.2. The molecule has 0 aromatic heterocycles. The fourth-order valence-corrected chi connectivity index (χ4v) is 4.85. The van der Waals surface area contributed by atoms with E-state index in [1.807, 2.05) is 55.5 Å². The number of nitrogens with zero attached hydrogens (tertiary/aromatic N) is 1. The Labute approximate surface area is 141 Å². The van der Waals surface area contributed by atoms with Gasteiger partial charge in [-0.2, -0.15) is 0 Å². The minimum absolute atomic E-state index is 0.282. The van der Waals surface area contributed by atoms with Crippen LogP contribution in [0.2, 0.25) is 0 Å². The molecule has 0 saturated carbocycles. The lowest BCUT2D eigenvalue weighted by atomic mass is 10.1. The van der Waals surface area contributed by atoms with Crippen LogP contribution >= 0.6 is 0 Å². The van der Waals surface area contributed by atoms with Crippen molar-refractivity contribution in [1.29, 1.82) is 0 Å². The van der Waals surface area contributed by atoms with E-state index in [9.17, 15) is 8.42 Å². The van der Waals surface area contributed by atoms with Gasteiger partial charge < -0.3 is 4.74 Å². The Balaban J connectivity index is 1.63. The third-order valence-electron chi connectivity index (χ3n) is 4.33. The van der Waals surface area contributed by atoms with Gasteiger partial charge in [-0.15, -0.1) is 0 Å². The second-order valence-corrected chi connectivity index (χ2v) is 7.65. The van der Waals surface area contributed by atoms with Crippen molar-refractivity contribution in [2.24, 2.45) is 0 Å². The zero-order chi connectivity index (χ0) is 16.7. The molecule has 1 aliphatic heterocycles. The fraction of sp³-hybridized carbons (Fsp3) is 0.158. The minimum atomic E-state index is -3.51. The topological polar surface area (TPSA) is 46.6 Å². The van der Waals surface area contributed by atoms with E-state index in [-0.39, 0.29) is 6.54 Å². The molecule has 0 atom stereocenters. The van der Waals surface area contributed by atoms with E-state index in [1.165, 1.54) is 4.31 Å². The van der Waals surface area contributed by atoms with E-state index in [0.717, 1.165) is 27.8 Å². The number of hydrogen-bond donors (Lipinski definition) is 0. The third-order valence-corrected chi connectivity index (χ3v) is 6.18. The fourth-order valence-electron chi connectivity index (χ4n) is 3.16. The third kappa shape index (κ3) is 2.24. The average Bonchev–Trinajstić information content (AvgIpc) is 2.80. The molecule has 1 heterocycles. The highest BCUT2D eigenvalue weighted by molar-refractivity contribution is 7.93. The van der Waals surface area contributed by atoms with Gasteiger partial charge in [-0.1, -0.05) is 42.5 Å². The molecule has 0 fully saturated rings. The molecule has 3 aromatic rings. The molecular formula is C19H17NO3S. The Bertz CT molecular complexity index is 1020. The Morgan fingerprint density at radius 3 is 2.50 bits per heavy atom. The first-order valence-corrected chi connectivity index (χ1v) is 9.26. The van der Waals surface area contributed by atoms with E-state index in [2.05, 4.69) is 0 Å². The summed E-state index contributed by atoms with van der Waals surface area (Å²) in [6.45, 7) is 2.55. The lowest BCUT2D eigenvalue weighted by Crippen LogP contribution is -2.31. The maximum absolute atomic E-state index is 12.8. The lowest BCUT2D eigenvalue weighted by molar-refractivity contribution is 0.326. The van der Waals surface area contributed by atoms with Crippen LogP contribution in [0.15, 0.2) is 65.6 Å². The smallest absolute Gasteiger partial charge is 0.265 e. The molecule has 24 heavy (non-hydrogen) atoms. The summed E-state index contributed by atoms with van der Waals surface area (Å²) >= 11 is 0. The molecule has 0 saturated heterocycles. The summed E-state index contributed by atoms with van der Waals surface area (Å²) < 4.78 is 32.9. The van der Waals surface area contributed by atoms with Gasteiger partial charge in [-0.25, -0.2) is 8.42 Å². The molecule has 122 valence electrons. The van der Waals surface area contributed by atoms with E-state index in [4.69, 9.17) is 4.74 Å². The van der Waals surface area contributed by atoms with E-state index < -0.39 is 10.0 Å². The maximum atomic E-state index is 12.8. The number of anilines is 1. The van der Waals surface area contributed by atoms with Crippen LogP contribution in [0.4, 0.5) is 5.69 Å². The minimum Gasteiger partial charge on any atom is -0.491 e. The summed E-state index contributed by atoms with van der Waals surface area (Å²) in [6, 6.07) is 18.8. The summed E-state index contributed by atoms with van der Waals surface area (Å²) in [5.41, 5.74) is 1.77.